The molecule has 0 heterocycles. The maximum atomic E-state index is 12.2. The number of ether oxygens (including phenoxy) is 2. The molecule has 0 atom stereocenters. The molecule has 0 aliphatic carbocycles. The Morgan fingerprint density at radius 1 is 1.32 bits per heavy atom. The highest BCUT2D eigenvalue weighted by molar-refractivity contribution is 5.99. The van der Waals surface area contributed by atoms with Gasteiger partial charge in [-0.25, -0.2) is 14.5 Å². The van der Waals surface area contributed by atoms with E-state index in [9.17, 15) is 9.59 Å². The first kappa shape index (κ1) is 17.8. The zero-order valence-corrected chi connectivity index (χ0v) is 13.4. The fourth-order valence-corrected chi connectivity index (χ4v) is 1.61. The normalized spacial score (nSPS) is 10.8. The molecule has 7 heteroatoms. The second kappa shape index (κ2) is 7.65. The molecule has 3 amide bonds. The zero-order valence-electron chi connectivity index (χ0n) is 13.4. The van der Waals surface area contributed by atoms with Gasteiger partial charge >= 0.3 is 12.1 Å². The molecule has 3 N–H and O–H groups in total. The zero-order chi connectivity index (χ0) is 16.8. The first-order valence-electron chi connectivity index (χ1n) is 6.92. The summed E-state index contributed by atoms with van der Waals surface area (Å²) in [5.74, 6) is 0.598. The molecule has 122 valence electrons. The Morgan fingerprint density at radius 2 is 2.00 bits per heavy atom. The average molecular weight is 309 g/mol. The van der Waals surface area contributed by atoms with E-state index in [0.29, 0.717) is 11.4 Å². The van der Waals surface area contributed by atoms with Gasteiger partial charge in [0.2, 0.25) is 0 Å². The van der Waals surface area contributed by atoms with Gasteiger partial charge in [0, 0.05) is 24.8 Å². The molecule has 1 aromatic rings. The summed E-state index contributed by atoms with van der Waals surface area (Å²) in [5.41, 5.74) is 5.27. The molecule has 0 saturated heterocycles. The summed E-state index contributed by atoms with van der Waals surface area (Å²) in [6.45, 7) is 5.39. The van der Waals surface area contributed by atoms with Crippen molar-refractivity contribution in [2.24, 2.45) is 5.73 Å². The van der Waals surface area contributed by atoms with Crippen molar-refractivity contribution in [3.05, 3.63) is 24.3 Å². The number of carbonyl (C=O) groups excluding carboxylic acids is 2. The number of hydrogen-bond acceptors (Lipinski definition) is 5. The molecule has 1 rings (SSSR count). The number of rotatable bonds is 4. The van der Waals surface area contributed by atoms with Crippen LogP contribution in [0.2, 0.25) is 0 Å². The van der Waals surface area contributed by atoms with Gasteiger partial charge in [-0.3, -0.25) is 0 Å². The number of urea groups is 1. The summed E-state index contributed by atoms with van der Waals surface area (Å²) in [6.07, 6.45) is -0.738. The van der Waals surface area contributed by atoms with Crippen molar-refractivity contribution in [3.63, 3.8) is 0 Å². The van der Waals surface area contributed by atoms with Crippen LogP contribution >= 0.6 is 0 Å². The summed E-state index contributed by atoms with van der Waals surface area (Å²) in [4.78, 5) is 25.2. The molecular weight excluding hydrogens is 286 g/mol. The summed E-state index contributed by atoms with van der Waals surface area (Å²) in [6, 6.07) is 6.22. The predicted octanol–water partition coefficient (Wildman–Crippen LogP) is 2.42. The first-order valence-corrected chi connectivity index (χ1v) is 6.92. The van der Waals surface area contributed by atoms with Crippen LogP contribution in [0.4, 0.5) is 15.3 Å². The number of hydrogen-bond donors (Lipinski definition) is 2. The first-order chi connectivity index (χ1) is 10.3. The highest BCUT2D eigenvalue weighted by atomic mass is 16.6. The van der Waals surface area contributed by atoms with Crippen LogP contribution < -0.4 is 15.8 Å². The minimum absolute atomic E-state index is 0.0602. The summed E-state index contributed by atoms with van der Waals surface area (Å²) < 4.78 is 10.3. The Morgan fingerprint density at radius 3 is 2.55 bits per heavy atom. The molecular formula is C15H23N3O4. The smallest absolute Gasteiger partial charge is 0.418 e. The van der Waals surface area contributed by atoms with Crippen LogP contribution in [0.1, 0.15) is 20.8 Å². The number of benzene rings is 1. The van der Waals surface area contributed by atoms with Gasteiger partial charge in [-0.1, -0.05) is 6.07 Å². The number of imide groups is 1. The van der Waals surface area contributed by atoms with E-state index in [2.05, 4.69) is 5.32 Å². The van der Waals surface area contributed by atoms with Gasteiger partial charge in [-0.05, 0) is 32.9 Å². The van der Waals surface area contributed by atoms with Crippen LogP contribution in [0.5, 0.6) is 5.75 Å². The van der Waals surface area contributed by atoms with E-state index in [1.54, 1.807) is 45.0 Å². The van der Waals surface area contributed by atoms with Crippen LogP contribution in [-0.2, 0) is 4.74 Å². The van der Waals surface area contributed by atoms with Gasteiger partial charge in [0.15, 0.2) is 0 Å². The van der Waals surface area contributed by atoms with Gasteiger partial charge < -0.3 is 20.5 Å². The number of nitrogens with one attached hydrogen (secondary N) is 1. The van der Waals surface area contributed by atoms with Crippen molar-refractivity contribution in [2.75, 3.05) is 25.5 Å². The van der Waals surface area contributed by atoms with E-state index in [-0.39, 0.29) is 13.1 Å². The van der Waals surface area contributed by atoms with Crippen LogP contribution in [0.3, 0.4) is 0 Å². The average Bonchev–Trinajstić information content (AvgIpc) is 2.42. The van der Waals surface area contributed by atoms with Crippen molar-refractivity contribution in [2.45, 2.75) is 26.4 Å². The molecule has 0 aromatic heterocycles. The summed E-state index contributed by atoms with van der Waals surface area (Å²) >= 11 is 0. The molecule has 0 spiro atoms. The second-order valence-corrected chi connectivity index (χ2v) is 5.58. The second-order valence-electron chi connectivity index (χ2n) is 5.58. The number of nitrogens with zero attached hydrogens (tertiary/aromatic N) is 1. The van der Waals surface area contributed by atoms with Gasteiger partial charge in [0.1, 0.15) is 11.4 Å². The van der Waals surface area contributed by atoms with E-state index in [4.69, 9.17) is 15.2 Å². The van der Waals surface area contributed by atoms with E-state index in [1.807, 2.05) is 0 Å². The van der Waals surface area contributed by atoms with Crippen molar-refractivity contribution >= 4 is 17.8 Å². The topological polar surface area (TPSA) is 93.9 Å². The number of anilines is 1. The molecule has 0 bridgehead atoms. The predicted molar refractivity (Wildman–Crippen MR) is 84.0 cm³/mol. The van der Waals surface area contributed by atoms with Gasteiger partial charge in [-0.15, -0.1) is 0 Å². The third kappa shape index (κ3) is 5.61. The SMILES string of the molecule is COc1cccc(NC(=O)N(CCN)C(=O)OC(C)(C)C)c1. The van der Waals surface area contributed by atoms with Crippen molar-refractivity contribution in [1.82, 2.24) is 4.90 Å². The number of amides is 3. The summed E-state index contributed by atoms with van der Waals surface area (Å²) in [5, 5.41) is 2.62. The van der Waals surface area contributed by atoms with E-state index < -0.39 is 17.7 Å². The molecule has 0 aliphatic rings. The Balaban J connectivity index is 2.82. The standard InChI is InChI=1S/C15H23N3O4/c1-15(2,3)22-14(20)18(9-8-16)13(19)17-11-6-5-7-12(10-11)21-4/h5-7,10H,8-9,16H2,1-4H3,(H,17,19). The Hall–Kier alpha value is -2.28. The lowest BCUT2D eigenvalue weighted by atomic mass is 10.2. The van der Waals surface area contributed by atoms with Gasteiger partial charge in [0.05, 0.1) is 7.11 Å². The lowest BCUT2D eigenvalue weighted by Crippen LogP contribution is -2.45. The van der Waals surface area contributed by atoms with Crippen molar-refractivity contribution in [1.29, 1.82) is 0 Å². The molecule has 1 aromatic carbocycles. The van der Waals surface area contributed by atoms with Gasteiger partial charge in [0.25, 0.3) is 0 Å². The molecule has 0 saturated carbocycles. The quantitative estimate of drug-likeness (QED) is 0.891. The fourth-order valence-electron chi connectivity index (χ4n) is 1.61. The van der Waals surface area contributed by atoms with Crippen LogP contribution in [0.25, 0.3) is 0 Å². The van der Waals surface area contributed by atoms with Gasteiger partial charge in [-0.2, -0.15) is 0 Å². The minimum Gasteiger partial charge on any atom is -0.497 e. The molecule has 7 nitrogen and oxygen atoms in total. The van der Waals surface area contributed by atoms with Crippen LogP contribution in [-0.4, -0.2) is 42.8 Å². The molecule has 0 fully saturated rings. The van der Waals surface area contributed by atoms with Crippen LogP contribution in [0, 0.1) is 0 Å². The molecule has 0 aliphatic heterocycles. The molecule has 0 radical (unpaired) electrons. The Bertz CT molecular complexity index is 526. The lowest BCUT2D eigenvalue weighted by Gasteiger charge is -2.26. The third-order valence-corrected chi connectivity index (χ3v) is 2.53. The highest BCUT2D eigenvalue weighted by Gasteiger charge is 2.26. The Labute approximate surface area is 130 Å². The molecule has 22 heavy (non-hydrogen) atoms. The monoisotopic (exact) mass is 309 g/mol. The van der Waals surface area contributed by atoms with E-state index >= 15 is 0 Å². The molecule has 0 unspecified atom stereocenters. The van der Waals surface area contributed by atoms with E-state index in [0.717, 1.165) is 4.90 Å². The maximum absolute atomic E-state index is 12.2. The van der Waals surface area contributed by atoms with Crippen LogP contribution in [0.15, 0.2) is 24.3 Å². The number of methoxy groups -OCH3 is 1. The third-order valence-electron chi connectivity index (χ3n) is 2.53. The lowest BCUT2D eigenvalue weighted by molar-refractivity contribution is 0.0337. The number of carbonyl (C=O) groups is 2. The van der Waals surface area contributed by atoms with Crippen molar-refractivity contribution in [3.8, 4) is 5.75 Å². The minimum atomic E-state index is -0.738. The fraction of sp³-hybridized carbons (Fsp3) is 0.467. The highest BCUT2D eigenvalue weighted by Crippen LogP contribution is 2.17. The summed E-state index contributed by atoms with van der Waals surface area (Å²) in [7, 11) is 1.53. The Kier molecular flexibility index (Phi) is 6.18. The maximum Gasteiger partial charge on any atom is 0.418 e. The van der Waals surface area contributed by atoms with E-state index in [1.165, 1.54) is 7.11 Å². The largest absolute Gasteiger partial charge is 0.497 e. The number of nitrogens with two attached hydrogens (primary N) is 1. The van der Waals surface area contributed by atoms with Crippen molar-refractivity contribution < 1.29 is 19.1 Å².